The maximum atomic E-state index is 6.07. The van der Waals surface area contributed by atoms with Gasteiger partial charge in [-0.05, 0) is 77.4 Å². The fraction of sp³-hybridized carbons (Fsp3) is 0.500. The van der Waals surface area contributed by atoms with Gasteiger partial charge in [-0.25, -0.2) is 0 Å². The summed E-state index contributed by atoms with van der Waals surface area (Å²) in [4.78, 5) is 0. The van der Waals surface area contributed by atoms with E-state index in [9.17, 15) is 0 Å². The largest absolute Gasteiger partial charge is 0.359 e. The monoisotopic (exact) mass is 358 g/mol. The van der Waals surface area contributed by atoms with Gasteiger partial charge in [-0.2, -0.15) is 0 Å². The highest BCUT2D eigenvalue weighted by molar-refractivity contribution is 9.10. The molecule has 0 amide bonds. The predicted octanol–water partition coefficient (Wildman–Crippen LogP) is 4.58. The van der Waals surface area contributed by atoms with Crippen LogP contribution in [0.15, 0.2) is 22.7 Å². The van der Waals surface area contributed by atoms with Gasteiger partial charge in [0.05, 0.1) is 5.02 Å². The van der Waals surface area contributed by atoms with E-state index in [4.69, 9.17) is 23.8 Å². The first kappa shape index (κ1) is 13.7. The molecule has 0 spiro atoms. The number of thiocarbonyl (C=S) groups is 1. The van der Waals surface area contributed by atoms with E-state index in [1.807, 2.05) is 18.2 Å². The van der Waals surface area contributed by atoms with E-state index in [0.717, 1.165) is 22.0 Å². The minimum absolute atomic E-state index is 0.560. The summed E-state index contributed by atoms with van der Waals surface area (Å²) in [5, 5.41) is 8.06. The third-order valence-corrected chi connectivity index (χ3v) is 5.68. The molecule has 5 heteroatoms. The van der Waals surface area contributed by atoms with Crippen LogP contribution in [0, 0.1) is 11.8 Å². The van der Waals surface area contributed by atoms with Crippen LogP contribution in [-0.2, 0) is 0 Å². The van der Waals surface area contributed by atoms with Crippen LogP contribution in [0.3, 0.4) is 0 Å². The Balaban J connectivity index is 1.57. The molecule has 3 rings (SSSR count). The van der Waals surface area contributed by atoms with Gasteiger partial charge in [-0.1, -0.05) is 18.0 Å². The Bertz CT molecular complexity index is 508. The van der Waals surface area contributed by atoms with E-state index < -0.39 is 0 Å². The van der Waals surface area contributed by atoms with E-state index in [2.05, 4.69) is 26.6 Å². The van der Waals surface area contributed by atoms with Crippen molar-refractivity contribution in [1.29, 1.82) is 0 Å². The molecule has 19 heavy (non-hydrogen) atoms. The smallest absolute Gasteiger partial charge is 0.171 e. The van der Waals surface area contributed by atoms with Crippen molar-refractivity contribution in [2.24, 2.45) is 11.8 Å². The van der Waals surface area contributed by atoms with Crippen molar-refractivity contribution in [1.82, 2.24) is 5.32 Å². The molecule has 0 saturated heterocycles. The quantitative estimate of drug-likeness (QED) is 0.756. The lowest BCUT2D eigenvalue weighted by atomic mass is 9.96. The zero-order valence-electron chi connectivity index (χ0n) is 10.5. The van der Waals surface area contributed by atoms with Gasteiger partial charge in [-0.15, -0.1) is 0 Å². The molecule has 2 nitrogen and oxygen atoms in total. The topological polar surface area (TPSA) is 24.1 Å². The van der Waals surface area contributed by atoms with Crippen molar-refractivity contribution < 1.29 is 0 Å². The van der Waals surface area contributed by atoms with Gasteiger partial charge >= 0.3 is 0 Å². The van der Waals surface area contributed by atoms with Gasteiger partial charge in [0, 0.05) is 16.2 Å². The van der Waals surface area contributed by atoms with Crippen LogP contribution in [0.2, 0.25) is 5.02 Å². The fourth-order valence-corrected chi connectivity index (χ4v) is 4.03. The lowest BCUT2D eigenvalue weighted by Gasteiger charge is -2.24. The van der Waals surface area contributed by atoms with E-state index >= 15 is 0 Å². The molecule has 102 valence electrons. The summed E-state index contributed by atoms with van der Waals surface area (Å²) in [6, 6.07) is 6.32. The van der Waals surface area contributed by atoms with Crippen LogP contribution >= 0.6 is 39.7 Å². The summed E-state index contributed by atoms with van der Waals surface area (Å²) in [6.07, 6.45) is 5.42. The molecule has 2 saturated carbocycles. The molecule has 2 aliphatic rings. The third kappa shape index (κ3) is 3.06. The average molecular weight is 360 g/mol. The van der Waals surface area contributed by atoms with Gasteiger partial charge < -0.3 is 10.6 Å². The molecule has 2 aliphatic carbocycles. The Morgan fingerprint density at radius 2 is 2.16 bits per heavy atom. The highest BCUT2D eigenvalue weighted by Gasteiger charge is 2.39. The summed E-state index contributed by atoms with van der Waals surface area (Å²) in [7, 11) is 0. The molecule has 0 unspecified atom stereocenters. The first-order chi connectivity index (χ1) is 9.11. The minimum Gasteiger partial charge on any atom is -0.359 e. The highest BCUT2D eigenvalue weighted by atomic mass is 79.9. The first-order valence-corrected chi connectivity index (χ1v) is 8.22. The Labute approximate surface area is 132 Å². The maximum absolute atomic E-state index is 6.07. The van der Waals surface area contributed by atoms with Crippen molar-refractivity contribution in [3.05, 3.63) is 27.7 Å². The van der Waals surface area contributed by atoms with Gasteiger partial charge in [0.1, 0.15) is 0 Å². The van der Waals surface area contributed by atoms with E-state index in [1.165, 1.54) is 25.7 Å². The second-order valence-corrected chi connectivity index (χ2v) is 7.18. The second kappa shape index (κ2) is 5.58. The van der Waals surface area contributed by atoms with Crippen molar-refractivity contribution in [2.75, 3.05) is 5.32 Å². The summed E-state index contributed by atoms with van der Waals surface area (Å²) in [6.45, 7) is 0. The average Bonchev–Trinajstić information content (AvgIpc) is 2.96. The molecule has 1 aromatic carbocycles. The summed E-state index contributed by atoms with van der Waals surface area (Å²) >= 11 is 14.8. The lowest BCUT2D eigenvalue weighted by Crippen LogP contribution is -2.40. The Morgan fingerprint density at radius 3 is 2.79 bits per heavy atom. The number of anilines is 1. The Hall–Kier alpha value is -0.320. The number of nitrogens with one attached hydrogen (secondary N) is 2. The number of hydrogen-bond donors (Lipinski definition) is 2. The van der Waals surface area contributed by atoms with Crippen molar-refractivity contribution in [3.8, 4) is 0 Å². The summed E-state index contributed by atoms with van der Waals surface area (Å²) < 4.78 is 0.895. The standard InChI is InChI=1S/C14H16BrClN2S/c15-11-4-3-10(7-12(11)16)17-14(19)18-13-6-8-1-2-9(13)5-8/h3-4,7-9,13H,1-2,5-6H2,(H2,17,18,19)/t8-,9-,13+/m0/s1. The van der Waals surface area contributed by atoms with E-state index in [-0.39, 0.29) is 0 Å². The number of fused-ring (bicyclic) bond motifs is 2. The van der Waals surface area contributed by atoms with Crippen molar-refractivity contribution in [2.45, 2.75) is 31.7 Å². The zero-order chi connectivity index (χ0) is 13.4. The predicted molar refractivity (Wildman–Crippen MR) is 87.7 cm³/mol. The van der Waals surface area contributed by atoms with Gasteiger partial charge in [0.2, 0.25) is 0 Å². The first-order valence-electron chi connectivity index (χ1n) is 6.64. The van der Waals surface area contributed by atoms with Crippen LogP contribution in [0.1, 0.15) is 25.7 Å². The molecule has 2 fully saturated rings. The van der Waals surface area contributed by atoms with Crippen LogP contribution in [0.5, 0.6) is 0 Å². The molecule has 0 aliphatic heterocycles. The van der Waals surface area contributed by atoms with Crippen molar-refractivity contribution >= 4 is 50.5 Å². The van der Waals surface area contributed by atoms with Crippen LogP contribution < -0.4 is 10.6 Å². The Kier molecular flexibility index (Phi) is 4.01. The third-order valence-electron chi connectivity index (χ3n) is 4.23. The van der Waals surface area contributed by atoms with Crippen LogP contribution in [-0.4, -0.2) is 11.2 Å². The number of benzene rings is 1. The Morgan fingerprint density at radius 1 is 1.32 bits per heavy atom. The van der Waals surface area contributed by atoms with Crippen molar-refractivity contribution in [3.63, 3.8) is 0 Å². The van der Waals surface area contributed by atoms with E-state index in [0.29, 0.717) is 16.2 Å². The lowest BCUT2D eigenvalue weighted by molar-refractivity contribution is 0.392. The molecule has 0 radical (unpaired) electrons. The van der Waals surface area contributed by atoms with Gasteiger partial charge in [-0.3, -0.25) is 0 Å². The molecular formula is C14H16BrClN2S. The van der Waals surface area contributed by atoms with E-state index in [1.54, 1.807) is 0 Å². The molecule has 3 atom stereocenters. The minimum atomic E-state index is 0.560. The molecule has 1 aromatic rings. The van der Waals surface area contributed by atoms with Gasteiger partial charge in [0.15, 0.2) is 5.11 Å². The number of rotatable bonds is 2. The SMILES string of the molecule is S=C(Nc1ccc(Br)c(Cl)c1)N[C@@H]1C[C@H]2CC[C@H]1C2. The highest BCUT2D eigenvalue weighted by Crippen LogP contribution is 2.44. The van der Waals surface area contributed by atoms with Crippen LogP contribution in [0.4, 0.5) is 5.69 Å². The molecule has 2 N–H and O–H groups in total. The summed E-state index contributed by atoms with van der Waals surface area (Å²) in [5.41, 5.74) is 0.925. The number of halogens is 2. The zero-order valence-corrected chi connectivity index (χ0v) is 13.6. The summed E-state index contributed by atoms with van der Waals surface area (Å²) in [5.74, 6) is 1.74. The molecule has 2 bridgehead atoms. The maximum Gasteiger partial charge on any atom is 0.171 e. The second-order valence-electron chi connectivity index (χ2n) is 5.51. The molecular weight excluding hydrogens is 344 g/mol. The van der Waals surface area contributed by atoms with Crippen LogP contribution in [0.25, 0.3) is 0 Å². The number of hydrogen-bond acceptors (Lipinski definition) is 1. The normalized spacial score (nSPS) is 28.4. The van der Waals surface area contributed by atoms with Gasteiger partial charge in [0.25, 0.3) is 0 Å². The fourth-order valence-electron chi connectivity index (χ4n) is 3.33. The molecule has 0 aromatic heterocycles. The molecule has 0 heterocycles.